The van der Waals surface area contributed by atoms with Gasteiger partial charge in [-0.15, -0.1) is 0 Å². The second-order valence-electron chi connectivity index (χ2n) is 4.01. The van der Waals surface area contributed by atoms with Crippen LogP contribution in [0.5, 0.6) is 0 Å². The van der Waals surface area contributed by atoms with Crippen LogP contribution >= 0.6 is 0 Å². The molecule has 0 saturated heterocycles. The summed E-state index contributed by atoms with van der Waals surface area (Å²) in [5.74, 6) is 0. The first-order valence-electron chi connectivity index (χ1n) is 6.27. The number of non-ortho nitro benzene ring substituents is 1. The molecule has 0 aromatic heterocycles. The zero-order valence-corrected chi connectivity index (χ0v) is 11.2. The van der Waals surface area contributed by atoms with E-state index in [2.05, 4.69) is 11.4 Å². The predicted molar refractivity (Wildman–Crippen MR) is 75.4 cm³/mol. The third kappa shape index (κ3) is 4.14. The highest BCUT2D eigenvalue weighted by atomic mass is 16.6. The summed E-state index contributed by atoms with van der Waals surface area (Å²) in [7, 11) is 0. The third-order valence-corrected chi connectivity index (χ3v) is 2.73. The minimum Gasteiger partial charge on any atom is -0.385 e. The fourth-order valence-corrected chi connectivity index (χ4v) is 1.84. The van der Waals surface area contributed by atoms with Crippen molar-refractivity contribution in [3.8, 4) is 6.07 Å². The van der Waals surface area contributed by atoms with Crippen molar-refractivity contribution < 1.29 is 4.92 Å². The quantitative estimate of drug-likeness (QED) is 0.603. The van der Waals surface area contributed by atoms with Crippen molar-refractivity contribution in [2.45, 2.75) is 20.3 Å². The number of hydrogen-bond donors (Lipinski definition) is 1. The Bertz CT molecular complexity index is 482. The van der Waals surface area contributed by atoms with E-state index < -0.39 is 4.92 Å². The van der Waals surface area contributed by atoms with Crippen LogP contribution in [0.25, 0.3) is 0 Å². The molecule has 0 aliphatic carbocycles. The number of nitro benzene ring substituents is 1. The lowest BCUT2D eigenvalue weighted by Crippen LogP contribution is -2.23. The molecular weight excluding hydrogens is 244 g/mol. The summed E-state index contributed by atoms with van der Waals surface area (Å²) < 4.78 is 0. The van der Waals surface area contributed by atoms with Crippen LogP contribution in [0, 0.1) is 21.4 Å². The number of hydrogen-bond acceptors (Lipinski definition) is 5. The smallest absolute Gasteiger partial charge is 0.273 e. The molecular formula is C13H18N4O2. The number of nitriles is 1. The Labute approximate surface area is 112 Å². The van der Waals surface area contributed by atoms with Crippen LogP contribution in [0.4, 0.5) is 17.1 Å². The molecule has 1 aromatic rings. The predicted octanol–water partition coefficient (Wildman–Crippen LogP) is 2.77. The third-order valence-electron chi connectivity index (χ3n) is 2.73. The number of nitrogens with one attached hydrogen (secondary N) is 1. The highest BCUT2D eigenvalue weighted by Gasteiger charge is 2.13. The number of benzene rings is 1. The molecule has 19 heavy (non-hydrogen) atoms. The Morgan fingerprint density at radius 2 is 2.16 bits per heavy atom. The molecule has 1 rings (SSSR count). The Hall–Kier alpha value is -2.29. The van der Waals surface area contributed by atoms with Gasteiger partial charge in [-0.25, -0.2) is 0 Å². The van der Waals surface area contributed by atoms with Gasteiger partial charge in [0.15, 0.2) is 0 Å². The summed E-state index contributed by atoms with van der Waals surface area (Å²) in [5, 5.41) is 22.7. The van der Waals surface area contributed by atoms with Gasteiger partial charge in [0.05, 0.1) is 17.4 Å². The van der Waals surface area contributed by atoms with Gasteiger partial charge in [-0.3, -0.25) is 10.1 Å². The van der Waals surface area contributed by atoms with E-state index in [1.807, 2.05) is 24.8 Å². The van der Waals surface area contributed by atoms with Crippen LogP contribution in [0.15, 0.2) is 18.2 Å². The van der Waals surface area contributed by atoms with Gasteiger partial charge >= 0.3 is 0 Å². The van der Waals surface area contributed by atoms with Gasteiger partial charge in [0, 0.05) is 43.1 Å². The molecule has 1 N–H and O–H groups in total. The summed E-state index contributed by atoms with van der Waals surface area (Å²) in [5.41, 5.74) is 1.55. The minimum atomic E-state index is -0.400. The zero-order chi connectivity index (χ0) is 14.3. The van der Waals surface area contributed by atoms with E-state index in [0.717, 1.165) is 11.4 Å². The van der Waals surface area contributed by atoms with Crippen molar-refractivity contribution in [3.63, 3.8) is 0 Å². The van der Waals surface area contributed by atoms with E-state index in [9.17, 15) is 10.1 Å². The first-order valence-corrected chi connectivity index (χ1v) is 6.27. The Morgan fingerprint density at radius 1 is 1.42 bits per heavy atom. The van der Waals surface area contributed by atoms with Crippen molar-refractivity contribution in [3.05, 3.63) is 28.3 Å². The van der Waals surface area contributed by atoms with E-state index in [1.54, 1.807) is 6.07 Å². The van der Waals surface area contributed by atoms with Crippen LogP contribution in [0.1, 0.15) is 20.3 Å². The second kappa shape index (κ2) is 7.21. The minimum absolute atomic E-state index is 0.0591. The first kappa shape index (κ1) is 14.8. The van der Waals surface area contributed by atoms with Gasteiger partial charge < -0.3 is 10.2 Å². The van der Waals surface area contributed by atoms with Gasteiger partial charge in [0.2, 0.25) is 0 Å². The standard InChI is InChI=1S/C13H18N4O2/c1-3-15-11-8-12(10-13(9-11)17(18)19)16(4-2)7-5-6-14/h8-10,15H,3-5,7H2,1-2H3. The lowest BCUT2D eigenvalue weighted by molar-refractivity contribution is -0.384. The highest BCUT2D eigenvalue weighted by molar-refractivity contribution is 5.64. The highest BCUT2D eigenvalue weighted by Crippen LogP contribution is 2.27. The summed E-state index contributed by atoms with van der Waals surface area (Å²) in [6.07, 6.45) is 0.396. The normalized spacial score (nSPS) is 9.74. The molecule has 0 spiro atoms. The van der Waals surface area contributed by atoms with Crippen molar-refractivity contribution in [2.75, 3.05) is 29.9 Å². The summed E-state index contributed by atoms with van der Waals surface area (Å²) in [6, 6.07) is 7.02. The number of nitro groups is 1. The lowest BCUT2D eigenvalue weighted by Gasteiger charge is -2.22. The van der Waals surface area contributed by atoms with E-state index in [0.29, 0.717) is 26.1 Å². The molecule has 0 aliphatic heterocycles. The van der Waals surface area contributed by atoms with Gasteiger partial charge in [0.25, 0.3) is 5.69 Å². The molecule has 102 valence electrons. The van der Waals surface area contributed by atoms with E-state index in [1.165, 1.54) is 6.07 Å². The molecule has 0 bridgehead atoms. The van der Waals surface area contributed by atoms with Crippen LogP contribution in [0.2, 0.25) is 0 Å². The van der Waals surface area contributed by atoms with Crippen molar-refractivity contribution in [1.29, 1.82) is 5.26 Å². The number of rotatable bonds is 7. The Kier molecular flexibility index (Phi) is 5.61. The molecule has 0 amide bonds. The van der Waals surface area contributed by atoms with Gasteiger partial charge in [0.1, 0.15) is 0 Å². The van der Waals surface area contributed by atoms with Crippen LogP contribution in [-0.2, 0) is 0 Å². The maximum absolute atomic E-state index is 10.9. The monoisotopic (exact) mass is 262 g/mol. The molecule has 1 aromatic carbocycles. The summed E-state index contributed by atoms with van der Waals surface area (Å²) in [6.45, 7) is 5.87. The molecule has 6 heteroatoms. The van der Waals surface area contributed by atoms with Crippen LogP contribution in [-0.4, -0.2) is 24.6 Å². The number of anilines is 2. The molecule has 0 atom stereocenters. The van der Waals surface area contributed by atoms with Crippen LogP contribution in [0.3, 0.4) is 0 Å². The van der Waals surface area contributed by atoms with E-state index in [4.69, 9.17) is 5.26 Å². The molecule has 0 radical (unpaired) electrons. The maximum atomic E-state index is 10.9. The van der Waals surface area contributed by atoms with Gasteiger partial charge in [-0.2, -0.15) is 5.26 Å². The van der Waals surface area contributed by atoms with Crippen molar-refractivity contribution in [2.24, 2.45) is 0 Å². The molecule has 6 nitrogen and oxygen atoms in total. The molecule has 0 unspecified atom stereocenters. The Morgan fingerprint density at radius 3 is 2.68 bits per heavy atom. The summed E-state index contributed by atoms with van der Waals surface area (Å²) >= 11 is 0. The molecule has 0 aliphatic rings. The molecule has 0 heterocycles. The molecule has 0 fully saturated rings. The van der Waals surface area contributed by atoms with Crippen molar-refractivity contribution >= 4 is 17.1 Å². The topological polar surface area (TPSA) is 82.2 Å². The second-order valence-corrected chi connectivity index (χ2v) is 4.01. The maximum Gasteiger partial charge on any atom is 0.273 e. The van der Waals surface area contributed by atoms with Gasteiger partial charge in [-0.05, 0) is 19.9 Å². The van der Waals surface area contributed by atoms with Gasteiger partial charge in [-0.1, -0.05) is 0 Å². The fourth-order valence-electron chi connectivity index (χ4n) is 1.84. The van der Waals surface area contributed by atoms with Crippen molar-refractivity contribution in [1.82, 2.24) is 0 Å². The fraction of sp³-hybridized carbons (Fsp3) is 0.462. The van der Waals surface area contributed by atoms with Crippen LogP contribution < -0.4 is 10.2 Å². The Balaban J connectivity index is 3.09. The summed E-state index contributed by atoms with van der Waals surface area (Å²) in [4.78, 5) is 12.5. The average Bonchev–Trinajstić information content (AvgIpc) is 2.39. The van der Waals surface area contributed by atoms with E-state index >= 15 is 0 Å². The average molecular weight is 262 g/mol. The zero-order valence-electron chi connectivity index (χ0n) is 11.2. The lowest BCUT2D eigenvalue weighted by atomic mass is 10.2. The van der Waals surface area contributed by atoms with E-state index in [-0.39, 0.29) is 5.69 Å². The molecule has 0 saturated carbocycles. The first-order chi connectivity index (χ1) is 9.12. The number of nitrogens with zero attached hydrogens (tertiary/aromatic N) is 3. The largest absolute Gasteiger partial charge is 0.385 e. The SMILES string of the molecule is CCNc1cc(N(CC)CCC#N)cc([N+](=O)[O-])c1.